The molecule has 2 aromatic rings. The van der Waals surface area contributed by atoms with Crippen LogP contribution >= 0.6 is 0 Å². The van der Waals surface area contributed by atoms with Gasteiger partial charge in [0.2, 0.25) is 0 Å². The summed E-state index contributed by atoms with van der Waals surface area (Å²) in [6, 6.07) is 19.6. The van der Waals surface area contributed by atoms with Crippen molar-refractivity contribution in [3.63, 3.8) is 0 Å². The zero-order valence-electron chi connectivity index (χ0n) is 22.7. The Morgan fingerprint density at radius 2 is 1.42 bits per heavy atom. The fourth-order valence-corrected chi connectivity index (χ4v) is 7.29. The van der Waals surface area contributed by atoms with Gasteiger partial charge in [-0.3, -0.25) is 0 Å². The Hall–Kier alpha value is -2.86. The Morgan fingerprint density at radius 1 is 0.842 bits per heavy atom. The smallest absolute Gasteiger partial charge is 0.458 e. The van der Waals surface area contributed by atoms with Gasteiger partial charge in [0.25, 0.3) is 5.60 Å². The fourth-order valence-electron chi connectivity index (χ4n) is 7.29. The normalized spacial score (nSPS) is 23.8. The molecule has 5 rings (SSSR count). The molecule has 6 heteroatoms. The van der Waals surface area contributed by atoms with Gasteiger partial charge < -0.3 is 18.7 Å². The molecule has 1 spiro atoms. The number of hydrogen-bond donors (Lipinski definition) is 0. The third-order valence-corrected chi connectivity index (χ3v) is 9.13. The molecule has 2 unspecified atom stereocenters. The molecule has 2 aromatic carbocycles. The van der Waals surface area contributed by atoms with E-state index in [0.717, 1.165) is 38.5 Å². The molecule has 3 heterocycles. The summed E-state index contributed by atoms with van der Waals surface area (Å²) in [4.78, 5) is 27.3. The van der Waals surface area contributed by atoms with Crippen molar-refractivity contribution in [1.29, 1.82) is 0 Å². The maximum absolute atomic E-state index is 14.3. The maximum atomic E-state index is 14.3. The van der Waals surface area contributed by atoms with E-state index >= 15 is 0 Å². The third-order valence-electron chi connectivity index (χ3n) is 9.13. The van der Waals surface area contributed by atoms with Crippen LogP contribution in [0, 0.1) is 0 Å². The number of benzene rings is 2. The van der Waals surface area contributed by atoms with E-state index in [9.17, 15) is 9.59 Å². The first-order chi connectivity index (χ1) is 18.6. The minimum Gasteiger partial charge on any atom is -0.458 e. The van der Waals surface area contributed by atoms with Gasteiger partial charge in [0, 0.05) is 49.7 Å². The number of quaternary nitrogens is 1. The number of rotatable bonds is 10. The Kier molecular flexibility index (Phi) is 8.37. The lowest BCUT2D eigenvalue weighted by Gasteiger charge is -2.47. The fraction of sp³-hybridized carbons (Fsp3) is 0.562. The Labute approximate surface area is 226 Å². The highest BCUT2D eigenvalue weighted by atomic mass is 16.7. The summed E-state index contributed by atoms with van der Waals surface area (Å²) in [7, 11) is 0. The van der Waals surface area contributed by atoms with Gasteiger partial charge in [-0.05, 0) is 6.42 Å². The zero-order valence-corrected chi connectivity index (χ0v) is 22.7. The minimum absolute atomic E-state index is 0.176. The van der Waals surface area contributed by atoms with Crippen molar-refractivity contribution in [2.24, 2.45) is 0 Å². The molecule has 0 N–H and O–H groups in total. The lowest BCUT2D eigenvalue weighted by Crippen LogP contribution is -2.60. The second kappa shape index (κ2) is 11.9. The summed E-state index contributed by atoms with van der Waals surface area (Å²) in [5.74, 6) is -0.544. The predicted octanol–water partition coefficient (Wildman–Crippen LogP) is 6.51. The average Bonchev–Trinajstić information content (AvgIpc) is 3.49. The monoisotopic (exact) mass is 520 g/mol. The van der Waals surface area contributed by atoms with Crippen LogP contribution < -0.4 is 0 Å². The molecule has 0 aromatic heterocycles. The van der Waals surface area contributed by atoms with Crippen LogP contribution in [0.1, 0.15) is 82.3 Å². The number of piperidine rings is 1. The lowest BCUT2D eigenvalue weighted by molar-refractivity contribution is -0.956. The van der Waals surface area contributed by atoms with E-state index in [1.807, 2.05) is 60.7 Å². The van der Waals surface area contributed by atoms with E-state index in [-0.39, 0.29) is 12.7 Å². The number of hydrogen-bond acceptors (Lipinski definition) is 5. The van der Waals surface area contributed by atoms with Crippen molar-refractivity contribution in [3.05, 3.63) is 71.8 Å². The van der Waals surface area contributed by atoms with Crippen LogP contribution in [0.4, 0.5) is 4.79 Å². The summed E-state index contributed by atoms with van der Waals surface area (Å²) < 4.78 is 19.1. The molecule has 6 nitrogen and oxygen atoms in total. The summed E-state index contributed by atoms with van der Waals surface area (Å²) in [5.41, 5.74) is -0.624. The quantitative estimate of drug-likeness (QED) is 0.203. The molecule has 3 fully saturated rings. The zero-order chi connectivity index (χ0) is 26.4. The average molecular weight is 521 g/mol. The van der Waals surface area contributed by atoms with Crippen molar-refractivity contribution in [1.82, 2.24) is 0 Å². The summed E-state index contributed by atoms with van der Waals surface area (Å²) in [5, 5.41) is 0. The van der Waals surface area contributed by atoms with Crippen LogP contribution in [0.3, 0.4) is 0 Å². The molecule has 3 saturated heterocycles. The van der Waals surface area contributed by atoms with Crippen LogP contribution in [-0.4, -0.2) is 54.5 Å². The molecule has 2 atom stereocenters. The molecule has 3 aliphatic rings. The molecule has 2 bridgehead atoms. The second-order valence-corrected chi connectivity index (χ2v) is 11.3. The van der Waals surface area contributed by atoms with E-state index in [4.69, 9.17) is 14.2 Å². The first kappa shape index (κ1) is 26.7. The predicted molar refractivity (Wildman–Crippen MR) is 145 cm³/mol. The number of unbranched alkanes of at least 4 members (excludes halogenated alkanes) is 3. The van der Waals surface area contributed by atoms with Gasteiger partial charge in [-0.1, -0.05) is 86.8 Å². The van der Waals surface area contributed by atoms with Crippen molar-refractivity contribution in [2.45, 2.75) is 94.9 Å². The van der Waals surface area contributed by atoms with Gasteiger partial charge in [0.05, 0.1) is 31.8 Å². The van der Waals surface area contributed by atoms with Crippen LogP contribution in [0.15, 0.2) is 60.7 Å². The number of carbonyl (C=O) groups is 2. The molecule has 0 amide bonds. The largest absolute Gasteiger partial charge is 0.510 e. The van der Waals surface area contributed by atoms with Crippen molar-refractivity contribution in [3.8, 4) is 0 Å². The standard InChI is InChI=1S/C32H42NO5/c1-2-3-4-13-22-36-31(35)38-32(25-14-7-5-8-15-25,26-16-9-6-10-17-26)30(34)37-29-23-27-18-19-28(24-29)33(27)20-11-12-21-33/h5-10,14-17,27-29H,2-4,11-13,18-24H2,1H3/q+1. The van der Waals surface area contributed by atoms with E-state index in [1.54, 1.807) is 0 Å². The van der Waals surface area contributed by atoms with Gasteiger partial charge in [-0.15, -0.1) is 0 Å². The molecule has 3 aliphatic heterocycles. The molecule has 204 valence electrons. The van der Waals surface area contributed by atoms with Crippen LogP contribution in [0.2, 0.25) is 0 Å². The molecule has 0 radical (unpaired) electrons. The van der Waals surface area contributed by atoms with Gasteiger partial charge in [-0.25, -0.2) is 9.59 Å². The Morgan fingerprint density at radius 3 is 1.97 bits per heavy atom. The lowest BCUT2D eigenvalue weighted by atomic mass is 9.85. The topological polar surface area (TPSA) is 61.8 Å². The van der Waals surface area contributed by atoms with E-state index < -0.39 is 17.7 Å². The summed E-state index contributed by atoms with van der Waals surface area (Å²) in [6.07, 6.45) is 9.70. The molecular formula is C32H42NO5+. The van der Waals surface area contributed by atoms with Gasteiger partial charge in [-0.2, -0.15) is 0 Å². The van der Waals surface area contributed by atoms with Gasteiger partial charge in [0.1, 0.15) is 6.10 Å². The highest BCUT2D eigenvalue weighted by Gasteiger charge is 2.57. The number of nitrogens with zero attached hydrogens (tertiary/aromatic N) is 1. The molecule has 0 saturated carbocycles. The number of esters is 1. The van der Waals surface area contributed by atoms with E-state index in [1.165, 1.54) is 43.3 Å². The van der Waals surface area contributed by atoms with Crippen molar-refractivity contribution < 1.29 is 28.3 Å². The number of carbonyl (C=O) groups excluding carboxylic acids is 2. The molecule has 0 aliphatic carbocycles. The molecular weight excluding hydrogens is 478 g/mol. The van der Waals surface area contributed by atoms with Crippen LogP contribution in [0.5, 0.6) is 0 Å². The van der Waals surface area contributed by atoms with Gasteiger partial charge in [0.15, 0.2) is 0 Å². The highest BCUT2D eigenvalue weighted by molar-refractivity contribution is 5.88. The second-order valence-electron chi connectivity index (χ2n) is 11.3. The van der Waals surface area contributed by atoms with E-state index in [0.29, 0.717) is 23.2 Å². The highest BCUT2D eigenvalue weighted by Crippen LogP contribution is 2.47. The SMILES string of the molecule is CCCCCCOC(=O)OC(C(=O)OC1CC2CCC(C1)[N+]21CCCC1)(c1ccccc1)c1ccccc1. The van der Waals surface area contributed by atoms with Crippen LogP contribution in [0.25, 0.3) is 0 Å². The summed E-state index contributed by atoms with van der Waals surface area (Å²) >= 11 is 0. The maximum Gasteiger partial charge on any atom is 0.510 e. The van der Waals surface area contributed by atoms with Crippen molar-refractivity contribution >= 4 is 12.1 Å². The number of ether oxygens (including phenoxy) is 3. The third kappa shape index (κ3) is 5.20. The minimum atomic E-state index is -1.74. The Bertz CT molecular complexity index is 1010. The van der Waals surface area contributed by atoms with Crippen LogP contribution in [-0.2, 0) is 24.6 Å². The van der Waals surface area contributed by atoms with Gasteiger partial charge >= 0.3 is 12.1 Å². The van der Waals surface area contributed by atoms with Crippen molar-refractivity contribution in [2.75, 3.05) is 19.7 Å². The van der Waals surface area contributed by atoms with E-state index in [2.05, 4.69) is 6.92 Å². The summed E-state index contributed by atoms with van der Waals surface area (Å²) in [6.45, 7) is 4.93. The first-order valence-corrected chi connectivity index (χ1v) is 14.6. The molecule has 38 heavy (non-hydrogen) atoms. The first-order valence-electron chi connectivity index (χ1n) is 14.6. The Balaban J connectivity index is 1.40.